The molecule has 0 aliphatic rings. The van der Waals surface area contributed by atoms with Gasteiger partial charge < -0.3 is 11.5 Å². The second-order valence-electron chi connectivity index (χ2n) is 3.95. The smallest absolute Gasteiger partial charge is 0.159 e. The Balaban J connectivity index is 2.54. The molecule has 0 amide bonds. The molecule has 17 heavy (non-hydrogen) atoms. The molecule has 0 atom stereocenters. The standard InChI is InChI=1S/C12H14N4O/c1-7-5-12(14)16(15-7)11-4-3-9(8(2)17)6-10(11)13/h3-6H,13-14H2,1-2H3. The van der Waals surface area contributed by atoms with Crippen LogP contribution in [-0.4, -0.2) is 15.6 Å². The van der Waals surface area contributed by atoms with Crippen molar-refractivity contribution in [3.05, 3.63) is 35.5 Å². The third-order valence-electron chi connectivity index (χ3n) is 2.52. The molecule has 2 aromatic rings. The van der Waals surface area contributed by atoms with Gasteiger partial charge in [-0.1, -0.05) is 0 Å². The molecule has 5 nitrogen and oxygen atoms in total. The summed E-state index contributed by atoms with van der Waals surface area (Å²) in [6.07, 6.45) is 0. The van der Waals surface area contributed by atoms with Crippen LogP contribution in [0.15, 0.2) is 24.3 Å². The average Bonchev–Trinajstić information content (AvgIpc) is 2.57. The molecule has 0 spiro atoms. The lowest BCUT2D eigenvalue weighted by atomic mass is 10.1. The third kappa shape index (κ3) is 1.99. The molecule has 0 aliphatic carbocycles. The minimum atomic E-state index is -0.0205. The highest BCUT2D eigenvalue weighted by Crippen LogP contribution is 2.22. The first-order valence-electron chi connectivity index (χ1n) is 5.22. The highest BCUT2D eigenvalue weighted by atomic mass is 16.1. The van der Waals surface area contributed by atoms with Gasteiger partial charge in [0, 0.05) is 11.6 Å². The van der Waals surface area contributed by atoms with Gasteiger partial charge in [0.2, 0.25) is 0 Å². The molecule has 1 aromatic carbocycles. The summed E-state index contributed by atoms with van der Waals surface area (Å²) in [4.78, 5) is 11.2. The van der Waals surface area contributed by atoms with Crippen molar-refractivity contribution < 1.29 is 4.79 Å². The van der Waals surface area contributed by atoms with Gasteiger partial charge >= 0.3 is 0 Å². The van der Waals surface area contributed by atoms with Crippen LogP contribution in [0.2, 0.25) is 0 Å². The van der Waals surface area contributed by atoms with Crippen molar-refractivity contribution in [2.45, 2.75) is 13.8 Å². The van der Waals surface area contributed by atoms with Gasteiger partial charge in [-0.2, -0.15) is 5.10 Å². The summed E-state index contributed by atoms with van der Waals surface area (Å²) in [6.45, 7) is 3.36. The van der Waals surface area contributed by atoms with Crippen LogP contribution >= 0.6 is 0 Å². The molecule has 0 aliphatic heterocycles. The fraction of sp³-hybridized carbons (Fsp3) is 0.167. The van der Waals surface area contributed by atoms with Crippen LogP contribution in [0.4, 0.5) is 11.5 Å². The molecule has 4 N–H and O–H groups in total. The number of rotatable bonds is 2. The molecule has 5 heteroatoms. The SMILES string of the molecule is CC(=O)c1ccc(-n2nc(C)cc2N)c(N)c1. The fourth-order valence-corrected chi connectivity index (χ4v) is 1.68. The predicted octanol–water partition coefficient (Wildman–Crippen LogP) is 1.55. The number of nitrogens with zero attached hydrogens (tertiary/aromatic N) is 2. The summed E-state index contributed by atoms with van der Waals surface area (Å²) in [5, 5.41) is 4.24. The van der Waals surface area contributed by atoms with Crippen molar-refractivity contribution in [2.75, 3.05) is 11.5 Å². The van der Waals surface area contributed by atoms with E-state index in [1.54, 1.807) is 28.9 Å². The molecule has 0 fully saturated rings. The summed E-state index contributed by atoms with van der Waals surface area (Å²) in [5.74, 6) is 0.498. The number of benzene rings is 1. The second kappa shape index (κ2) is 3.93. The molecule has 88 valence electrons. The minimum absolute atomic E-state index is 0.0205. The maximum absolute atomic E-state index is 11.2. The van der Waals surface area contributed by atoms with Gasteiger partial charge in [0.05, 0.1) is 17.1 Å². The number of nitrogen functional groups attached to an aromatic ring is 2. The summed E-state index contributed by atoms with van der Waals surface area (Å²) in [7, 11) is 0. The molecule has 0 saturated carbocycles. The Hall–Kier alpha value is -2.30. The monoisotopic (exact) mass is 230 g/mol. The first-order valence-corrected chi connectivity index (χ1v) is 5.22. The molecule has 2 rings (SSSR count). The fourth-order valence-electron chi connectivity index (χ4n) is 1.68. The number of nitrogens with two attached hydrogens (primary N) is 2. The number of hydrogen-bond donors (Lipinski definition) is 2. The Morgan fingerprint density at radius 3 is 2.47 bits per heavy atom. The molecule has 1 aromatic heterocycles. The van der Waals surface area contributed by atoms with Gasteiger partial charge in [-0.3, -0.25) is 4.79 Å². The van der Waals surface area contributed by atoms with E-state index in [0.29, 0.717) is 22.8 Å². The third-order valence-corrected chi connectivity index (χ3v) is 2.52. The number of aromatic nitrogens is 2. The molecule has 0 bridgehead atoms. The van der Waals surface area contributed by atoms with E-state index >= 15 is 0 Å². The Kier molecular flexibility index (Phi) is 2.59. The van der Waals surface area contributed by atoms with E-state index in [1.165, 1.54) is 6.92 Å². The Labute approximate surface area is 99.0 Å². The molecule has 0 radical (unpaired) electrons. The average molecular weight is 230 g/mol. The number of carbonyl (C=O) groups is 1. The Morgan fingerprint density at radius 2 is 2.00 bits per heavy atom. The van der Waals surface area contributed by atoms with Crippen molar-refractivity contribution in [1.82, 2.24) is 9.78 Å². The van der Waals surface area contributed by atoms with Gasteiger partial charge in [-0.05, 0) is 32.0 Å². The van der Waals surface area contributed by atoms with Gasteiger partial charge in [-0.15, -0.1) is 0 Å². The number of hydrogen-bond acceptors (Lipinski definition) is 4. The molecular formula is C12H14N4O. The zero-order chi connectivity index (χ0) is 12.6. The number of Topliss-reactive ketones (excluding diaryl/α,β-unsaturated/α-hetero) is 1. The quantitative estimate of drug-likeness (QED) is 0.605. The van der Waals surface area contributed by atoms with Crippen LogP contribution in [0, 0.1) is 6.92 Å². The summed E-state index contributed by atoms with van der Waals surface area (Å²) < 4.78 is 1.56. The second-order valence-corrected chi connectivity index (χ2v) is 3.95. The topological polar surface area (TPSA) is 86.9 Å². The first kappa shape index (κ1) is 11.2. The van der Waals surface area contributed by atoms with E-state index < -0.39 is 0 Å². The van der Waals surface area contributed by atoms with Gasteiger partial charge in [-0.25, -0.2) is 4.68 Å². The van der Waals surface area contributed by atoms with E-state index in [4.69, 9.17) is 11.5 Å². The van der Waals surface area contributed by atoms with Gasteiger partial charge in [0.25, 0.3) is 0 Å². The zero-order valence-corrected chi connectivity index (χ0v) is 9.77. The number of carbonyl (C=O) groups excluding carboxylic acids is 1. The van der Waals surface area contributed by atoms with E-state index in [-0.39, 0.29) is 5.78 Å². The normalized spacial score (nSPS) is 10.5. The van der Waals surface area contributed by atoms with Crippen LogP contribution < -0.4 is 11.5 Å². The van der Waals surface area contributed by atoms with Crippen molar-refractivity contribution in [3.63, 3.8) is 0 Å². The predicted molar refractivity (Wildman–Crippen MR) is 67.1 cm³/mol. The van der Waals surface area contributed by atoms with E-state index in [0.717, 1.165) is 5.69 Å². The summed E-state index contributed by atoms with van der Waals surface area (Å²) >= 11 is 0. The molecular weight excluding hydrogens is 216 g/mol. The van der Waals surface area contributed by atoms with E-state index in [2.05, 4.69) is 5.10 Å². The Bertz CT molecular complexity index is 586. The highest BCUT2D eigenvalue weighted by molar-refractivity contribution is 5.95. The lowest BCUT2D eigenvalue weighted by Crippen LogP contribution is -2.06. The van der Waals surface area contributed by atoms with E-state index in [1.807, 2.05) is 6.92 Å². The summed E-state index contributed by atoms with van der Waals surface area (Å²) in [6, 6.07) is 6.85. The van der Waals surface area contributed by atoms with Crippen molar-refractivity contribution in [1.29, 1.82) is 0 Å². The van der Waals surface area contributed by atoms with Crippen LogP contribution in [0.25, 0.3) is 5.69 Å². The van der Waals surface area contributed by atoms with Crippen molar-refractivity contribution in [3.8, 4) is 5.69 Å². The van der Waals surface area contributed by atoms with E-state index in [9.17, 15) is 4.79 Å². The number of ketones is 1. The number of anilines is 2. The number of aryl methyl sites for hydroxylation is 1. The van der Waals surface area contributed by atoms with Crippen LogP contribution in [0.1, 0.15) is 23.0 Å². The summed E-state index contributed by atoms with van der Waals surface area (Å²) in [5.41, 5.74) is 14.3. The maximum atomic E-state index is 11.2. The Morgan fingerprint density at radius 1 is 1.29 bits per heavy atom. The molecule has 0 unspecified atom stereocenters. The largest absolute Gasteiger partial charge is 0.397 e. The van der Waals surface area contributed by atoms with Crippen LogP contribution in [0.5, 0.6) is 0 Å². The maximum Gasteiger partial charge on any atom is 0.159 e. The van der Waals surface area contributed by atoms with Crippen molar-refractivity contribution in [2.24, 2.45) is 0 Å². The lowest BCUT2D eigenvalue weighted by Gasteiger charge is -2.08. The van der Waals surface area contributed by atoms with Gasteiger partial charge in [0.15, 0.2) is 5.78 Å². The van der Waals surface area contributed by atoms with Crippen LogP contribution in [-0.2, 0) is 0 Å². The molecule has 1 heterocycles. The first-order chi connectivity index (χ1) is 7.99. The van der Waals surface area contributed by atoms with Crippen LogP contribution in [0.3, 0.4) is 0 Å². The molecule has 0 saturated heterocycles. The van der Waals surface area contributed by atoms with Crippen molar-refractivity contribution >= 4 is 17.3 Å². The lowest BCUT2D eigenvalue weighted by molar-refractivity contribution is 0.101. The van der Waals surface area contributed by atoms with Gasteiger partial charge in [0.1, 0.15) is 5.82 Å². The zero-order valence-electron chi connectivity index (χ0n) is 9.77. The highest BCUT2D eigenvalue weighted by Gasteiger charge is 2.09. The minimum Gasteiger partial charge on any atom is -0.397 e.